The molecule has 1 atom stereocenters. The largest absolute Gasteiger partial charge is 0.493 e. The lowest BCUT2D eigenvalue weighted by Gasteiger charge is -2.27. The van der Waals surface area contributed by atoms with Gasteiger partial charge in [-0.15, -0.1) is 0 Å². The van der Waals surface area contributed by atoms with Gasteiger partial charge in [-0.1, -0.05) is 24.3 Å². The quantitative estimate of drug-likeness (QED) is 0.643. The minimum absolute atomic E-state index is 0.137. The van der Waals surface area contributed by atoms with E-state index in [1.54, 1.807) is 0 Å². The van der Waals surface area contributed by atoms with Crippen LogP contribution in [0.5, 0.6) is 5.75 Å². The van der Waals surface area contributed by atoms with Gasteiger partial charge in [-0.05, 0) is 37.0 Å². The van der Waals surface area contributed by atoms with E-state index in [9.17, 15) is 0 Å². The molecule has 1 aromatic heterocycles. The van der Waals surface area contributed by atoms with Crippen LogP contribution in [-0.4, -0.2) is 30.6 Å². The van der Waals surface area contributed by atoms with Crippen molar-refractivity contribution in [1.29, 1.82) is 0 Å². The molecule has 1 fully saturated rings. The summed E-state index contributed by atoms with van der Waals surface area (Å²) >= 11 is 0. The highest BCUT2D eigenvalue weighted by molar-refractivity contribution is 5.78. The lowest BCUT2D eigenvalue weighted by molar-refractivity contribution is 0.262. The number of anilines is 1. The number of aliphatic imine (C=N–C) groups is 1. The molecule has 0 spiro atoms. The zero-order valence-electron chi connectivity index (χ0n) is 15.6. The van der Waals surface area contributed by atoms with E-state index in [0.29, 0.717) is 19.1 Å². The molecule has 0 radical (unpaired) electrons. The summed E-state index contributed by atoms with van der Waals surface area (Å²) < 4.78 is 5.69. The number of aromatic nitrogens is 1. The second-order valence-corrected chi connectivity index (χ2v) is 7.15. The Hall–Kier alpha value is -2.76. The van der Waals surface area contributed by atoms with Crippen molar-refractivity contribution < 1.29 is 4.74 Å². The molecule has 2 aliphatic rings. The van der Waals surface area contributed by atoms with Crippen LogP contribution in [0.2, 0.25) is 0 Å². The molecule has 1 aromatic carbocycles. The molecule has 3 N–H and O–H groups in total. The molecule has 1 unspecified atom stereocenters. The smallest absolute Gasteiger partial charge is 0.189 e. The van der Waals surface area contributed by atoms with Gasteiger partial charge in [0, 0.05) is 31.3 Å². The Kier molecular flexibility index (Phi) is 5.42. The summed E-state index contributed by atoms with van der Waals surface area (Å²) in [5, 5.41) is 3.33. The highest BCUT2D eigenvalue weighted by Crippen LogP contribution is 2.31. The number of fused-ring (bicyclic) bond motifs is 1. The number of benzene rings is 1. The monoisotopic (exact) mass is 365 g/mol. The normalized spacial score (nSPS) is 19.9. The van der Waals surface area contributed by atoms with Gasteiger partial charge in [0.05, 0.1) is 19.2 Å². The van der Waals surface area contributed by atoms with Crippen molar-refractivity contribution in [2.24, 2.45) is 10.7 Å². The molecule has 0 amide bonds. The van der Waals surface area contributed by atoms with E-state index in [1.807, 2.05) is 24.4 Å². The van der Waals surface area contributed by atoms with Crippen molar-refractivity contribution >= 4 is 11.8 Å². The average Bonchev–Trinajstić information content (AvgIpc) is 2.74. The van der Waals surface area contributed by atoms with E-state index in [2.05, 4.69) is 38.4 Å². The van der Waals surface area contributed by atoms with Gasteiger partial charge in [0.1, 0.15) is 11.6 Å². The van der Waals surface area contributed by atoms with Crippen molar-refractivity contribution in [2.75, 3.05) is 24.6 Å². The molecule has 6 heteroatoms. The Morgan fingerprint density at radius 3 is 2.85 bits per heavy atom. The lowest BCUT2D eigenvalue weighted by Crippen LogP contribution is -2.37. The molecule has 3 heterocycles. The van der Waals surface area contributed by atoms with Gasteiger partial charge >= 0.3 is 0 Å². The molecule has 6 nitrogen and oxygen atoms in total. The van der Waals surface area contributed by atoms with Crippen molar-refractivity contribution in [3.8, 4) is 5.75 Å². The van der Waals surface area contributed by atoms with Gasteiger partial charge in [-0.2, -0.15) is 0 Å². The summed E-state index contributed by atoms with van der Waals surface area (Å²) in [5.41, 5.74) is 8.32. The maximum Gasteiger partial charge on any atom is 0.189 e. The Labute approximate surface area is 160 Å². The fourth-order valence-electron chi connectivity index (χ4n) is 3.71. The molecular formula is C21H27N5O. The van der Waals surface area contributed by atoms with Gasteiger partial charge in [0.25, 0.3) is 0 Å². The minimum Gasteiger partial charge on any atom is -0.493 e. The molecule has 4 rings (SSSR count). The zero-order valence-corrected chi connectivity index (χ0v) is 15.6. The summed E-state index contributed by atoms with van der Waals surface area (Å²) in [4.78, 5) is 11.5. The number of hydrogen-bond acceptors (Lipinski definition) is 4. The molecule has 0 saturated carbocycles. The molecule has 27 heavy (non-hydrogen) atoms. The van der Waals surface area contributed by atoms with Crippen LogP contribution in [-0.2, 0) is 6.54 Å². The number of pyridine rings is 1. The van der Waals surface area contributed by atoms with Crippen LogP contribution >= 0.6 is 0 Å². The second kappa shape index (κ2) is 8.29. The third-order valence-corrected chi connectivity index (χ3v) is 5.20. The first-order chi connectivity index (χ1) is 13.3. The van der Waals surface area contributed by atoms with Crippen LogP contribution in [0.3, 0.4) is 0 Å². The number of nitrogens with two attached hydrogens (primary N) is 1. The highest BCUT2D eigenvalue weighted by atomic mass is 16.5. The van der Waals surface area contributed by atoms with Gasteiger partial charge in [-0.3, -0.25) is 0 Å². The van der Waals surface area contributed by atoms with Gasteiger partial charge in [0.2, 0.25) is 0 Å². The number of para-hydroxylation sites is 1. The Morgan fingerprint density at radius 2 is 2.04 bits per heavy atom. The predicted molar refractivity (Wildman–Crippen MR) is 108 cm³/mol. The van der Waals surface area contributed by atoms with E-state index in [1.165, 1.54) is 19.3 Å². The number of hydrogen-bond donors (Lipinski definition) is 2. The summed E-state index contributed by atoms with van der Waals surface area (Å²) in [5.74, 6) is 2.44. The molecule has 2 aromatic rings. The maximum absolute atomic E-state index is 6.13. The Bertz CT molecular complexity index is 783. The number of piperidine rings is 1. The first kappa shape index (κ1) is 17.6. The van der Waals surface area contributed by atoms with Crippen LogP contribution in [0.15, 0.2) is 47.6 Å². The van der Waals surface area contributed by atoms with Crippen LogP contribution in [0.4, 0.5) is 5.82 Å². The van der Waals surface area contributed by atoms with Crippen molar-refractivity contribution in [3.05, 3.63) is 53.7 Å². The van der Waals surface area contributed by atoms with E-state index in [-0.39, 0.29) is 6.04 Å². The first-order valence-corrected chi connectivity index (χ1v) is 9.78. The molecule has 0 aliphatic carbocycles. The number of ether oxygens (including phenoxy) is 1. The van der Waals surface area contributed by atoms with E-state index in [4.69, 9.17) is 10.5 Å². The van der Waals surface area contributed by atoms with Crippen LogP contribution in [0, 0.1) is 0 Å². The summed E-state index contributed by atoms with van der Waals surface area (Å²) in [6.07, 6.45) is 6.62. The maximum atomic E-state index is 6.13. The molecule has 0 bridgehead atoms. The summed E-state index contributed by atoms with van der Waals surface area (Å²) in [6.45, 7) is 3.42. The lowest BCUT2D eigenvalue weighted by atomic mass is 10.0. The zero-order chi connectivity index (χ0) is 18.5. The van der Waals surface area contributed by atoms with E-state index >= 15 is 0 Å². The van der Waals surface area contributed by atoms with Crippen molar-refractivity contribution in [3.63, 3.8) is 0 Å². The highest BCUT2D eigenvalue weighted by Gasteiger charge is 2.21. The standard InChI is InChI=1S/C21H27N5O/c22-21(25-18-10-13-27-19-7-3-2-6-17(18)19)24-15-16-8-9-20(23-14-16)26-11-4-1-5-12-26/h2-3,6-9,14,18H,1,4-5,10-13,15H2,(H3,22,24,25). The molecule has 2 aliphatic heterocycles. The summed E-state index contributed by atoms with van der Waals surface area (Å²) in [7, 11) is 0. The molecule has 142 valence electrons. The van der Waals surface area contributed by atoms with Crippen LogP contribution < -0.4 is 20.7 Å². The number of nitrogens with one attached hydrogen (secondary N) is 1. The predicted octanol–water partition coefficient (Wildman–Crippen LogP) is 3.00. The first-order valence-electron chi connectivity index (χ1n) is 9.78. The Balaban J connectivity index is 1.35. The van der Waals surface area contributed by atoms with E-state index < -0.39 is 0 Å². The average molecular weight is 365 g/mol. The number of guanidine groups is 1. The molecular weight excluding hydrogens is 338 g/mol. The third kappa shape index (κ3) is 4.32. The van der Waals surface area contributed by atoms with Gasteiger partial charge in [0.15, 0.2) is 5.96 Å². The van der Waals surface area contributed by atoms with Crippen molar-refractivity contribution in [2.45, 2.75) is 38.3 Å². The molecule has 1 saturated heterocycles. The van der Waals surface area contributed by atoms with Gasteiger partial charge in [-0.25, -0.2) is 9.98 Å². The van der Waals surface area contributed by atoms with E-state index in [0.717, 1.165) is 42.2 Å². The summed E-state index contributed by atoms with van der Waals surface area (Å²) in [6, 6.07) is 12.4. The van der Waals surface area contributed by atoms with Gasteiger partial charge < -0.3 is 20.7 Å². The number of rotatable bonds is 4. The SMILES string of the molecule is NC(=NCc1ccc(N2CCCCC2)nc1)NC1CCOc2ccccc21. The topological polar surface area (TPSA) is 75.8 Å². The fraction of sp³-hybridized carbons (Fsp3) is 0.429. The van der Waals surface area contributed by atoms with Crippen LogP contribution in [0.25, 0.3) is 0 Å². The minimum atomic E-state index is 0.137. The second-order valence-electron chi connectivity index (χ2n) is 7.15. The van der Waals surface area contributed by atoms with Crippen LogP contribution in [0.1, 0.15) is 42.9 Å². The number of nitrogens with zero attached hydrogens (tertiary/aromatic N) is 3. The third-order valence-electron chi connectivity index (χ3n) is 5.20. The van der Waals surface area contributed by atoms with Crippen molar-refractivity contribution in [1.82, 2.24) is 10.3 Å². The fourth-order valence-corrected chi connectivity index (χ4v) is 3.71. The Morgan fingerprint density at radius 1 is 1.19 bits per heavy atom.